The first-order valence-corrected chi connectivity index (χ1v) is 16.0. The highest BCUT2D eigenvalue weighted by Crippen LogP contribution is 2.44. The third-order valence-corrected chi connectivity index (χ3v) is 8.28. The zero-order valence-electron chi connectivity index (χ0n) is 29.2. The molecule has 0 aliphatic carbocycles. The molecule has 260 valence electrons. The summed E-state index contributed by atoms with van der Waals surface area (Å²) in [6, 6.07) is 5.23. The summed E-state index contributed by atoms with van der Waals surface area (Å²) in [7, 11) is 2.75. The van der Waals surface area contributed by atoms with Crippen LogP contribution in [0.2, 0.25) is 0 Å². The van der Waals surface area contributed by atoms with Crippen molar-refractivity contribution in [1.29, 1.82) is 0 Å². The number of methoxy groups -OCH3 is 1. The highest BCUT2D eigenvalue weighted by Gasteiger charge is 2.40. The average molecular weight is 686 g/mol. The van der Waals surface area contributed by atoms with Crippen LogP contribution in [0.15, 0.2) is 59.7 Å². The number of benzene rings is 1. The molecule has 0 saturated heterocycles. The zero-order valence-corrected chi connectivity index (χ0v) is 29.2. The summed E-state index contributed by atoms with van der Waals surface area (Å²) in [5, 5.41) is 0.116. The molecular weight excluding hydrogens is 648 g/mol. The number of likely N-dealkylation sites (N-methyl/N-ethyl adjacent to an activating group) is 1. The Balaban J connectivity index is 1.75. The van der Waals surface area contributed by atoms with Crippen molar-refractivity contribution in [2.24, 2.45) is 0 Å². The van der Waals surface area contributed by atoms with Crippen LogP contribution in [0.1, 0.15) is 71.7 Å². The molecule has 5 heterocycles. The van der Waals surface area contributed by atoms with Gasteiger partial charge in [-0.3, -0.25) is 19.1 Å². The van der Waals surface area contributed by atoms with Gasteiger partial charge in [-0.05, 0) is 50.8 Å². The number of aromatic nitrogens is 4. The van der Waals surface area contributed by atoms with Crippen LogP contribution in [-0.4, -0.2) is 56.2 Å². The van der Waals surface area contributed by atoms with E-state index in [0.717, 1.165) is 21.9 Å². The highest BCUT2D eigenvalue weighted by molar-refractivity contribution is 6.18. The van der Waals surface area contributed by atoms with E-state index in [9.17, 15) is 14.4 Å². The van der Waals surface area contributed by atoms with Gasteiger partial charge in [0.1, 0.15) is 40.6 Å². The quantitative estimate of drug-likeness (QED) is 0.225. The summed E-state index contributed by atoms with van der Waals surface area (Å²) >= 11 is 0. The van der Waals surface area contributed by atoms with Gasteiger partial charge in [0, 0.05) is 31.0 Å². The number of halogens is 2. The molecule has 2 aliphatic heterocycles. The normalized spacial score (nSPS) is 14.4. The van der Waals surface area contributed by atoms with Gasteiger partial charge in [0.25, 0.3) is 11.5 Å². The summed E-state index contributed by atoms with van der Waals surface area (Å²) in [6.07, 6.45) is 4.77. The zero-order chi connectivity index (χ0) is 36.4. The van der Waals surface area contributed by atoms with E-state index in [1.54, 1.807) is 20.8 Å². The van der Waals surface area contributed by atoms with Gasteiger partial charge < -0.3 is 19.3 Å². The van der Waals surface area contributed by atoms with Crippen LogP contribution in [-0.2, 0) is 9.53 Å². The Morgan fingerprint density at radius 2 is 1.58 bits per heavy atom. The number of hydrogen-bond acceptors (Lipinski definition) is 9. The molecule has 0 atom stereocenters. The Bertz CT molecular complexity index is 2180. The first kappa shape index (κ1) is 34.2. The molecule has 0 spiro atoms. The molecule has 6 rings (SSSR count). The number of anilines is 2. The fourth-order valence-corrected chi connectivity index (χ4v) is 6.08. The van der Waals surface area contributed by atoms with Gasteiger partial charge >= 0.3 is 6.09 Å². The van der Waals surface area contributed by atoms with Gasteiger partial charge in [-0.1, -0.05) is 33.8 Å². The van der Waals surface area contributed by atoms with Gasteiger partial charge in [-0.15, -0.1) is 0 Å². The molecule has 0 N–H and O–H groups in total. The number of fused-ring (bicyclic) bond motifs is 5. The van der Waals surface area contributed by atoms with Crippen molar-refractivity contribution >= 4 is 34.4 Å². The van der Waals surface area contributed by atoms with Crippen LogP contribution < -0.4 is 20.1 Å². The predicted octanol–water partition coefficient (Wildman–Crippen LogP) is 6.72. The van der Waals surface area contributed by atoms with E-state index in [2.05, 4.69) is 15.0 Å². The third kappa shape index (κ3) is 5.53. The number of ether oxygens (including phenoxy) is 2. The number of hydrogen-bond donors (Lipinski definition) is 0. The standard InChI is InChI=1S/C36H37F2N7O5/c1-18(2)26-30(27(19(3)4)40-17-39-26)45-32-20(15-22(38)28(41-32)25-21(37)11-10-12-24(25)49-9)29-31(34(45)47)42(8)33(46)23-16-43(13-14-44(23)29)35(48)50-36(5,6)7/h10-19H,1-9H3. The first-order chi connectivity index (χ1) is 23.5. The second-order valence-electron chi connectivity index (χ2n) is 13.6. The Labute approximate surface area is 287 Å². The topological polar surface area (TPSA) is 123 Å². The Morgan fingerprint density at radius 3 is 2.18 bits per heavy atom. The average Bonchev–Trinajstić information content (AvgIpc) is 3.05. The monoisotopic (exact) mass is 685 g/mol. The van der Waals surface area contributed by atoms with E-state index >= 15 is 8.78 Å². The van der Waals surface area contributed by atoms with E-state index < -0.39 is 40.5 Å². The number of amides is 2. The van der Waals surface area contributed by atoms with Crippen molar-refractivity contribution in [2.45, 2.75) is 65.9 Å². The largest absolute Gasteiger partial charge is 0.496 e. The Morgan fingerprint density at radius 1 is 0.920 bits per heavy atom. The maximum atomic E-state index is 16.4. The molecular formula is C36H37F2N7O5. The lowest BCUT2D eigenvalue weighted by Crippen LogP contribution is -2.46. The van der Waals surface area contributed by atoms with Crippen molar-refractivity contribution in [1.82, 2.24) is 24.4 Å². The summed E-state index contributed by atoms with van der Waals surface area (Å²) in [6.45, 7) is 12.8. The molecule has 50 heavy (non-hydrogen) atoms. The predicted molar refractivity (Wildman–Crippen MR) is 184 cm³/mol. The van der Waals surface area contributed by atoms with Crippen LogP contribution in [0.4, 0.5) is 25.0 Å². The first-order valence-electron chi connectivity index (χ1n) is 16.0. The number of carbonyl (C=O) groups is 2. The Kier molecular flexibility index (Phi) is 8.45. The number of nitrogens with zero attached hydrogens (tertiary/aromatic N) is 7. The maximum absolute atomic E-state index is 16.4. The molecule has 0 fully saturated rings. The molecule has 0 saturated carbocycles. The van der Waals surface area contributed by atoms with E-state index in [1.807, 2.05) is 27.7 Å². The van der Waals surface area contributed by atoms with E-state index in [-0.39, 0.29) is 51.3 Å². The Hall–Kier alpha value is -5.66. The van der Waals surface area contributed by atoms with Crippen LogP contribution >= 0.6 is 0 Å². The van der Waals surface area contributed by atoms with Gasteiger partial charge in [-0.2, -0.15) is 0 Å². The smallest absolute Gasteiger partial charge is 0.418 e. The summed E-state index contributed by atoms with van der Waals surface area (Å²) in [4.78, 5) is 59.3. The van der Waals surface area contributed by atoms with Crippen LogP contribution in [0.3, 0.4) is 0 Å². The molecule has 14 heteroatoms. The highest BCUT2D eigenvalue weighted by atomic mass is 19.1. The molecule has 12 nitrogen and oxygen atoms in total. The van der Waals surface area contributed by atoms with Gasteiger partial charge in [0.15, 0.2) is 11.5 Å². The van der Waals surface area contributed by atoms with Gasteiger partial charge in [0.05, 0.1) is 35.4 Å². The summed E-state index contributed by atoms with van der Waals surface area (Å²) in [5.41, 5.74) is -0.767. The van der Waals surface area contributed by atoms with Crippen molar-refractivity contribution < 1.29 is 27.8 Å². The molecule has 3 aromatic heterocycles. The fourth-order valence-electron chi connectivity index (χ4n) is 6.08. The van der Waals surface area contributed by atoms with Crippen LogP contribution in [0, 0.1) is 11.6 Å². The maximum Gasteiger partial charge on any atom is 0.418 e. The van der Waals surface area contributed by atoms with Crippen molar-refractivity contribution in [3.63, 3.8) is 0 Å². The second-order valence-corrected chi connectivity index (χ2v) is 13.6. The number of carbonyl (C=O) groups excluding carboxylic acids is 2. The molecule has 0 unspecified atom stereocenters. The lowest BCUT2D eigenvalue weighted by Gasteiger charge is -2.38. The van der Waals surface area contributed by atoms with Crippen molar-refractivity contribution in [3.8, 4) is 22.7 Å². The SMILES string of the molecule is COc1cccc(F)c1-c1nc2c(cc1F)c1c(c(=O)n2-c2c(C(C)C)ncnc2C(C)C)N(C)C(=O)C2=CN(C(=O)OC(C)(C)C)C=CN21. The summed E-state index contributed by atoms with van der Waals surface area (Å²) in [5.74, 6) is -2.68. The molecule has 2 amide bonds. The minimum Gasteiger partial charge on any atom is -0.496 e. The van der Waals surface area contributed by atoms with Crippen LogP contribution in [0.5, 0.6) is 5.75 Å². The number of rotatable bonds is 5. The molecule has 0 bridgehead atoms. The van der Waals surface area contributed by atoms with Gasteiger partial charge in [0.2, 0.25) is 0 Å². The van der Waals surface area contributed by atoms with Gasteiger partial charge in [-0.25, -0.2) is 28.5 Å². The molecule has 1 aromatic carbocycles. The fraction of sp³-hybridized carbons (Fsp3) is 0.333. The second kappa shape index (κ2) is 12.3. The molecule has 2 aliphatic rings. The minimum atomic E-state index is -0.910. The summed E-state index contributed by atoms with van der Waals surface area (Å²) < 4.78 is 44.1. The van der Waals surface area contributed by atoms with Crippen LogP contribution in [0.25, 0.3) is 28.0 Å². The van der Waals surface area contributed by atoms with E-state index in [4.69, 9.17) is 9.47 Å². The molecule has 4 aromatic rings. The lowest BCUT2D eigenvalue weighted by molar-refractivity contribution is -0.115. The van der Waals surface area contributed by atoms with E-state index in [1.165, 1.54) is 60.7 Å². The number of pyridine rings is 2. The van der Waals surface area contributed by atoms with Crippen molar-refractivity contribution in [3.05, 3.63) is 88.3 Å². The van der Waals surface area contributed by atoms with Crippen molar-refractivity contribution in [2.75, 3.05) is 24.0 Å². The van der Waals surface area contributed by atoms with E-state index in [0.29, 0.717) is 17.1 Å². The lowest BCUT2D eigenvalue weighted by atomic mass is 10.00. The molecule has 0 radical (unpaired) electrons. The minimum absolute atomic E-state index is 0.0131. The third-order valence-electron chi connectivity index (χ3n) is 8.28.